The Balaban J connectivity index is 0. The summed E-state index contributed by atoms with van der Waals surface area (Å²) in [6, 6.07) is 5.46. The first-order valence-electron chi connectivity index (χ1n) is 5.73. The molecule has 1 rings (SSSR count). The SMILES string of the molecule is Cc1cccc(C)c1CC([NH-])C(=O)C(C)C.[CH3-].[K+]. The molecule has 0 aliphatic heterocycles. The van der Waals surface area contributed by atoms with E-state index in [-0.39, 0.29) is 70.5 Å². The molecule has 1 aromatic carbocycles. The molecule has 0 saturated carbocycles. The molecule has 0 saturated heterocycles. The number of hydrogen-bond donors (Lipinski definition) is 0. The molecule has 1 unspecified atom stereocenters. The molecule has 0 aliphatic rings. The molecule has 0 heterocycles. The van der Waals surface area contributed by atoms with Gasteiger partial charge in [0.25, 0.3) is 0 Å². The van der Waals surface area contributed by atoms with Crippen LogP contribution in [0.5, 0.6) is 0 Å². The number of aryl methyl sites for hydroxylation is 2. The molecule has 0 aromatic heterocycles. The number of carbonyl (C=O) groups is 1. The summed E-state index contributed by atoms with van der Waals surface area (Å²) in [4.78, 5) is 11.7. The second-order valence-corrected chi connectivity index (χ2v) is 4.68. The summed E-state index contributed by atoms with van der Waals surface area (Å²) in [6.45, 7) is 7.78. The van der Waals surface area contributed by atoms with Gasteiger partial charge in [0.2, 0.25) is 0 Å². The van der Waals surface area contributed by atoms with Crippen molar-refractivity contribution in [3.63, 3.8) is 0 Å². The third-order valence-electron chi connectivity index (χ3n) is 2.97. The van der Waals surface area contributed by atoms with Crippen molar-refractivity contribution in [2.45, 2.75) is 40.2 Å². The van der Waals surface area contributed by atoms with Crippen LogP contribution in [0.3, 0.4) is 0 Å². The average molecular weight is 272 g/mol. The first-order valence-corrected chi connectivity index (χ1v) is 5.73. The van der Waals surface area contributed by atoms with Crippen LogP contribution in [0.15, 0.2) is 18.2 Å². The molecule has 1 N–H and O–H groups in total. The van der Waals surface area contributed by atoms with E-state index >= 15 is 0 Å². The maximum atomic E-state index is 11.7. The fraction of sp³-hybridized carbons (Fsp3) is 0.467. The van der Waals surface area contributed by atoms with E-state index in [1.807, 2.05) is 45.9 Å². The Kier molecular flexibility index (Phi) is 10.9. The van der Waals surface area contributed by atoms with Gasteiger partial charge in [-0.3, -0.25) is 0 Å². The quantitative estimate of drug-likeness (QED) is 0.594. The van der Waals surface area contributed by atoms with Crippen molar-refractivity contribution in [3.8, 4) is 0 Å². The summed E-state index contributed by atoms with van der Waals surface area (Å²) in [5, 5.41) is 0. The number of benzene rings is 1. The van der Waals surface area contributed by atoms with E-state index in [9.17, 15) is 4.79 Å². The molecule has 0 amide bonds. The Hall–Kier alpha value is 0.486. The van der Waals surface area contributed by atoms with Gasteiger partial charge in [-0.15, -0.1) is 0 Å². The Labute approximate surface area is 154 Å². The molecule has 0 spiro atoms. The number of rotatable bonds is 4. The van der Waals surface area contributed by atoms with E-state index in [0.29, 0.717) is 6.42 Å². The van der Waals surface area contributed by atoms with Crippen molar-refractivity contribution < 1.29 is 56.2 Å². The van der Waals surface area contributed by atoms with Crippen molar-refractivity contribution in [1.82, 2.24) is 0 Å². The first-order chi connectivity index (χ1) is 7.43. The smallest absolute Gasteiger partial charge is 0.668 e. The van der Waals surface area contributed by atoms with Crippen LogP contribution in [0, 0.1) is 27.2 Å². The van der Waals surface area contributed by atoms with Crippen LogP contribution < -0.4 is 51.4 Å². The molecule has 1 aromatic rings. The van der Waals surface area contributed by atoms with E-state index in [0.717, 1.165) is 5.56 Å². The summed E-state index contributed by atoms with van der Waals surface area (Å²) in [7, 11) is 0. The zero-order valence-electron chi connectivity index (χ0n) is 12.5. The normalized spacial score (nSPS) is 11.4. The predicted molar refractivity (Wildman–Crippen MR) is 74.0 cm³/mol. The number of hydrogen-bond acceptors (Lipinski definition) is 1. The van der Waals surface area contributed by atoms with Gasteiger partial charge in [-0.2, -0.15) is 0 Å². The second kappa shape index (κ2) is 9.40. The fourth-order valence-corrected chi connectivity index (χ4v) is 1.88. The van der Waals surface area contributed by atoms with Gasteiger partial charge in [-0.1, -0.05) is 38.1 Å². The van der Waals surface area contributed by atoms with Gasteiger partial charge >= 0.3 is 51.4 Å². The average Bonchev–Trinajstić information content (AvgIpc) is 2.22. The minimum absolute atomic E-state index is 0. The van der Waals surface area contributed by atoms with Gasteiger partial charge in [0, 0.05) is 5.92 Å². The van der Waals surface area contributed by atoms with E-state index in [1.54, 1.807) is 0 Å². The zero-order valence-corrected chi connectivity index (χ0v) is 15.6. The molecular weight excluding hydrogens is 249 g/mol. The maximum absolute atomic E-state index is 11.7. The largest absolute Gasteiger partial charge is 1.00 e. The summed E-state index contributed by atoms with van der Waals surface area (Å²) >= 11 is 0. The summed E-state index contributed by atoms with van der Waals surface area (Å²) in [5.74, 6) is -0.0190. The van der Waals surface area contributed by atoms with Crippen molar-refractivity contribution in [1.29, 1.82) is 0 Å². The van der Waals surface area contributed by atoms with Crippen molar-refractivity contribution in [2.75, 3.05) is 0 Å². The van der Waals surface area contributed by atoms with Crippen LogP contribution in [0.4, 0.5) is 0 Å². The third kappa shape index (κ3) is 5.64. The van der Waals surface area contributed by atoms with Crippen molar-refractivity contribution in [3.05, 3.63) is 48.0 Å². The van der Waals surface area contributed by atoms with E-state index < -0.39 is 6.04 Å². The van der Waals surface area contributed by atoms with E-state index in [4.69, 9.17) is 5.73 Å². The molecule has 18 heavy (non-hydrogen) atoms. The topological polar surface area (TPSA) is 40.9 Å². The fourth-order valence-electron chi connectivity index (χ4n) is 1.88. The van der Waals surface area contributed by atoms with E-state index in [1.165, 1.54) is 11.1 Å². The van der Waals surface area contributed by atoms with Crippen LogP contribution in [0.25, 0.3) is 5.73 Å². The van der Waals surface area contributed by atoms with Gasteiger partial charge in [0.1, 0.15) is 5.78 Å². The monoisotopic (exact) mass is 272 g/mol. The van der Waals surface area contributed by atoms with E-state index in [2.05, 4.69) is 0 Å². The van der Waals surface area contributed by atoms with Crippen molar-refractivity contribution >= 4 is 5.78 Å². The Morgan fingerprint density at radius 1 is 1.22 bits per heavy atom. The summed E-state index contributed by atoms with van der Waals surface area (Å²) in [6.07, 6.45) is 0.537. The second-order valence-electron chi connectivity index (χ2n) is 4.68. The molecule has 2 nitrogen and oxygen atoms in total. The predicted octanol–water partition coefficient (Wildman–Crippen LogP) is 0.946. The summed E-state index contributed by atoms with van der Waals surface area (Å²) in [5.41, 5.74) is 11.4. The van der Waals surface area contributed by atoms with Crippen LogP contribution in [-0.2, 0) is 11.2 Å². The minimum Gasteiger partial charge on any atom is -0.668 e. The van der Waals surface area contributed by atoms with Crippen LogP contribution in [-0.4, -0.2) is 11.8 Å². The summed E-state index contributed by atoms with van der Waals surface area (Å²) < 4.78 is 0. The third-order valence-corrected chi connectivity index (χ3v) is 2.97. The molecule has 0 fully saturated rings. The van der Waals surface area contributed by atoms with Gasteiger partial charge < -0.3 is 18.0 Å². The number of nitrogens with one attached hydrogen (secondary N) is 1. The number of Topliss-reactive ketones (excluding diaryl/α,β-unsaturated/α-hetero) is 1. The molecule has 0 bridgehead atoms. The van der Waals surface area contributed by atoms with Crippen molar-refractivity contribution in [2.24, 2.45) is 5.92 Å². The molecule has 1 atom stereocenters. The zero-order chi connectivity index (χ0) is 12.3. The molecule has 3 heteroatoms. The maximum Gasteiger partial charge on any atom is 1.00 e. The minimum atomic E-state index is -0.625. The Bertz CT molecular complexity index is 368. The van der Waals surface area contributed by atoms with Crippen LogP contribution in [0.2, 0.25) is 0 Å². The van der Waals surface area contributed by atoms with Crippen LogP contribution >= 0.6 is 0 Å². The Morgan fingerprint density at radius 3 is 2.06 bits per heavy atom. The van der Waals surface area contributed by atoms with Gasteiger partial charge in [-0.25, -0.2) is 0 Å². The Morgan fingerprint density at radius 2 is 1.67 bits per heavy atom. The molecule has 0 radical (unpaired) electrons. The van der Waals surface area contributed by atoms with Gasteiger partial charge in [0.05, 0.1) is 0 Å². The van der Waals surface area contributed by atoms with Gasteiger partial charge in [-0.05, 0) is 37.0 Å². The van der Waals surface area contributed by atoms with Gasteiger partial charge in [0.15, 0.2) is 0 Å². The van der Waals surface area contributed by atoms with Crippen LogP contribution in [0.1, 0.15) is 30.5 Å². The number of ketones is 1. The molecule has 96 valence electrons. The first kappa shape index (κ1) is 20.8. The molecular formula is C15H23KNO-. The standard InChI is InChI=1S/C14H20NO.CH3.K/c1-9(2)14(16)13(15)8-12-10(3)6-5-7-11(12)4;;/h5-7,9,13,15H,8H2,1-4H3;1H3;/q2*-1;+1. The number of carbonyl (C=O) groups excluding carboxylic acids is 1. The molecule has 0 aliphatic carbocycles.